The molecule has 0 bridgehead atoms. The highest BCUT2D eigenvalue weighted by atomic mass is 19.1. The average molecular weight is 664 g/mol. The molecule has 2 aliphatic rings. The van der Waals surface area contributed by atoms with Crippen LogP contribution in [0.4, 0.5) is 10.1 Å². The van der Waals surface area contributed by atoms with Crippen LogP contribution in [-0.4, -0.2) is 85.8 Å². The van der Waals surface area contributed by atoms with Gasteiger partial charge < -0.3 is 34.9 Å². The fourth-order valence-electron chi connectivity index (χ4n) is 6.53. The van der Waals surface area contributed by atoms with E-state index in [1.807, 2.05) is 7.05 Å². The summed E-state index contributed by atoms with van der Waals surface area (Å²) in [5.41, 5.74) is 1.44. The first-order valence-corrected chi connectivity index (χ1v) is 16.9. The van der Waals surface area contributed by atoms with Gasteiger partial charge in [0.1, 0.15) is 35.5 Å². The third kappa shape index (κ3) is 8.52. The van der Waals surface area contributed by atoms with Gasteiger partial charge in [0.2, 0.25) is 17.7 Å². The maximum absolute atomic E-state index is 15.4. The number of nitrogens with zero attached hydrogens (tertiary/aromatic N) is 2. The smallest absolute Gasteiger partial charge is 0.255 e. The molecular weight excluding hydrogens is 617 g/mol. The number of carbonyl (C=O) groups excluding carboxylic acids is 4. The van der Waals surface area contributed by atoms with Crippen molar-refractivity contribution in [3.8, 4) is 5.75 Å². The lowest BCUT2D eigenvalue weighted by molar-refractivity contribution is -0.138. The van der Waals surface area contributed by atoms with E-state index in [1.165, 1.54) is 25.5 Å². The van der Waals surface area contributed by atoms with Crippen molar-refractivity contribution in [3.63, 3.8) is 0 Å². The number of likely N-dealkylation sites (N-methyl/N-ethyl adjacent to an activating group) is 1. The van der Waals surface area contributed by atoms with Gasteiger partial charge in [0, 0.05) is 38.0 Å². The fraction of sp³-hybridized carbons (Fsp3) is 0.500. The molecule has 3 N–H and O–H groups in total. The summed E-state index contributed by atoms with van der Waals surface area (Å²) in [6, 6.07) is 8.12. The maximum Gasteiger partial charge on any atom is 0.255 e. The van der Waals surface area contributed by atoms with Crippen molar-refractivity contribution in [2.75, 3.05) is 45.7 Å². The Hall–Kier alpha value is -4.45. The van der Waals surface area contributed by atoms with E-state index in [0.29, 0.717) is 48.2 Å². The fourth-order valence-corrected chi connectivity index (χ4v) is 6.53. The number of halogens is 1. The third-order valence-electron chi connectivity index (χ3n) is 9.50. The first-order valence-electron chi connectivity index (χ1n) is 16.9. The Balaban J connectivity index is 1.26. The first kappa shape index (κ1) is 34.9. The van der Waals surface area contributed by atoms with Crippen LogP contribution in [0.5, 0.6) is 5.75 Å². The molecular formula is C36H46FN5O6. The van der Waals surface area contributed by atoms with E-state index in [-0.39, 0.29) is 35.4 Å². The average Bonchev–Trinajstić information content (AvgIpc) is 3.53. The van der Waals surface area contributed by atoms with Crippen molar-refractivity contribution in [2.24, 2.45) is 5.92 Å². The summed E-state index contributed by atoms with van der Waals surface area (Å²) in [5.74, 6) is -1.46. The topological polar surface area (TPSA) is 133 Å². The number of nitrogens with one attached hydrogen (secondary N) is 3. The zero-order valence-electron chi connectivity index (χ0n) is 28.0. The number of amides is 4. The second kappa shape index (κ2) is 16.1. The molecule has 11 nitrogen and oxygen atoms in total. The summed E-state index contributed by atoms with van der Waals surface area (Å²) in [6.45, 7) is 4.44. The molecule has 0 unspecified atom stereocenters. The zero-order chi connectivity index (χ0) is 34.2. The van der Waals surface area contributed by atoms with E-state index in [1.54, 1.807) is 36.1 Å². The van der Waals surface area contributed by atoms with Crippen molar-refractivity contribution in [2.45, 2.75) is 70.4 Å². The monoisotopic (exact) mass is 663 g/mol. The number of anilines is 1. The Kier molecular flexibility index (Phi) is 11.7. The Bertz CT molecular complexity index is 1610. The van der Waals surface area contributed by atoms with Crippen LogP contribution in [0.15, 0.2) is 47.1 Å². The van der Waals surface area contributed by atoms with Crippen LogP contribution in [0.1, 0.15) is 67.8 Å². The molecule has 4 amide bonds. The molecule has 2 heterocycles. The lowest BCUT2D eigenvalue weighted by atomic mass is 9.83. The second-order valence-corrected chi connectivity index (χ2v) is 12.8. The molecule has 0 radical (unpaired) electrons. The van der Waals surface area contributed by atoms with Gasteiger partial charge in [-0.3, -0.25) is 19.2 Å². The van der Waals surface area contributed by atoms with Gasteiger partial charge in [-0.1, -0.05) is 32.3 Å². The first-order chi connectivity index (χ1) is 23.2. The van der Waals surface area contributed by atoms with Crippen LogP contribution in [0, 0.1) is 11.7 Å². The molecule has 1 aliphatic heterocycles. The normalized spacial score (nSPS) is 17.0. The number of aryl methyl sites for hydroxylation is 1. The van der Waals surface area contributed by atoms with Gasteiger partial charge in [0.05, 0.1) is 18.4 Å². The van der Waals surface area contributed by atoms with Crippen LogP contribution >= 0.6 is 0 Å². The molecule has 3 aromatic rings. The predicted octanol–water partition coefficient (Wildman–Crippen LogP) is 4.50. The molecule has 5 rings (SSSR count). The number of piperazine rings is 1. The van der Waals surface area contributed by atoms with Crippen molar-refractivity contribution in [1.82, 2.24) is 20.4 Å². The van der Waals surface area contributed by atoms with Crippen molar-refractivity contribution in [1.29, 1.82) is 0 Å². The zero-order valence-corrected chi connectivity index (χ0v) is 28.0. The molecule has 1 saturated heterocycles. The molecule has 0 spiro atoms. The van der Waals surface area contributed by atoms with E-state index >= 15 is 4.39 Å². The summed E-state index contributed by atoms with van der Waals surface area (Å²) in [4.78, 5) is 56.6. The Morgan fingerprint density at radius 3 is 2.44 bits per heavy atom. The van der Waals surface area contributed by atoms with Crippen molar-refractivity contribution >= 4 is 40.3 Å². The SMILES string of the molecule is CCC(=O)N[C@H](CCc1ccc(NC(=O)[C@@H](NC(=O)c2coc3ccc(OC)cc23)C2CCCCC2)c(F)c1)C(=O)N1CCN(C)CC1. The van der Waals surface area contributed by atoms with Crippen LogP contribution < -0.4 is 20.7 Å². The summed E-state index contributed by atoms with van der Waals surface area (Å²) in [7, 11) is 3.54. The highest BCUT2D eigenvalue weighted by Crippen LogP contribution is 2.30. The minimum Gasteiger partial charge on any atom is -0.497 e. The summed E-state index contributed by atoms with van der Waals surface area (Å²) in [6.07, 6.45) is 6.76. The van der Waals surface area contributed by atoms with E-state index < -0.39 is 29.7 Å². The molecule has 2 fully saturated rings. The van der Waals surface area contributed by atoms with Gasteiger partial charge in [0.15, 0.2) is 0 Å². The number of benzene rings is 2. The highest BCUT2D eigenvalue weighted by molar-refractivity contribution is 6.08. The minimum absolute atomic E-state index is 0.00153. The Morgan fingerprint density at radius 2 is 1.75 bits per heavy atom. The van der Waals surface area contributed by atoms with Crippen LogP contribution in [0.3, 0.4) is 0 Å². The van der Waals surface area contributed by atoms with Crippen LogP contribution in [-0.2, 0) is 20.8 Å². The molecule has 2 aromatic carbocycles. The molecule has 12 heteroatoms. The highest BCUT2D eigenvalue weighted by Gasteiger charge is 2.33. The van der Waals surface area contributed by atoms with Gasteiger partial charge in [-0.25, -0.2) is 4.39 Å². The van der Waals surface area contributed by atoms with Gasteiger partial charge in [-0.2, -0.15) is 0 Å². The van der Waals surface area contributed by atoms with Gasteiger partial charge >= 0.3 is 0 Å². The lowest BCUT2D eigenvalue weighted by Gasteiger charge is -2.34. The van der Waals surface area contributed by atoms with E-state index in [9.17, 15) is 19.2 Å². The van der Waals surface area contributed by atoms with Gasteiger partial charge in [0.25, 0.3) is 5.91 Å². The van der Waals surface area contributed by atoms with Gasteiger partial charge in [-0.05, 0) is 74.5 Å². The lowest BCUT2D eigenvalue weighted by Crippen LogP contribution is -2.54. The number of hydrogen-bond acceptors (Lipinski definition) is 7. The molecule has 258 valence electrons. The maximum atomic E-state index is 15.4. The van der Waals surface area contributed by atoms with Crippen LogP contribution in [0.25, 0.3) is 11.0 Å². The predicted molar refractivity (Wildman–Crippen MR) is 180 cm³/mol. The van der Waals surface area contributed by atoms with Gasteiger partial charge in [-0.15, -0.1) is 0 Å². The Labute approximate surface area is 280 Å². The van der Waals surface area contributed by atoms with E-state index in [4.69, 9.17) is 9.15 Å². The molecule has 2 atom stereocenters. The molecule has 1 aliphatic carbocycles. The second-order valence-electron chi connectivity index (χ2n) is 12.8. The van der Waals surface area contributed by atoms with E-state index in [0.717, 1.165) is 45.2 Å². The summed E-state index contributed by atoms with van der Waals surface area (Å²) >= 11 is 0. The number of ether oxygens (including phenoxy) is 1. The molecule has 48 heavy (non-hydrogen) atoms. The number of methoxy groups -OCH3 is 1. The quantitative estimate of drug-likeness (QED) is 0.260. The molecule has 1 aromatic heterocycles. The van der Waals surface area contributed by atoms with Crippen LogP contribution in [0.2, 0.25) is 0 Å². The number of rotatable bonds is 12. The number of hydrogen-bond donors (Lipinski definition) is 3. The van der Waals surface area contributed by atoms with Crippen molar-refractivity contribution in [3.05, 3.63) is 59.6 Å². The number of fused-ring (bicyclic) bond motifs is 1. The van der Waals surface area contributed by atoms with Crippen molar-refractivity contribution < 1.29 is 32.7 Å². The summed E-state index contributed by atoms with van der Waals surface area (Å²) < 4.78 is 26.3. The third-order valence-corrected chi connectivity index (χ3v) is 9.50. The minimum atomic E-state index is -0.879. The number of furan rings is 1. The largest absolute Gasteiger partial charge is 0.497 e. The standard InChI is InChI=1S/C36H46FN5O6/c1-4-32(43)38-30(36(46)42-18-16-41(2)17-19-42)14-11-23-10-13-29(28(37)20-23)39-35(45)33(24-8-6-5-7-9-24)40-34(44)27-22-48-31-15-12-25(47-3)21-26(27)31/h10,12-13,15,20-22,24,30,33H,4-9,11,14,16-19H2,1-3H3,(H,38,43)(H,39,45)(H,40,44)/t30-,33+/m1/s1. The Morgan fingerprint density at radius 1 is 1.00 bits per heavy atom. The summed E-state index contributed by atoms with van der Waals surface area (Å²) in [5, 5.41) is 9.03. The van der Waals surface area contributed by atoms with E-state index in [2.05, 4.69) is 20.9 Å². The molecule has 1 saturated carbocycles. The number of carbonyl (C=O) groups is 4.